The highest BCUT2D eigenvalue weighted by molar-refractivity contribution is 6.29. The number of hydrogen-bond donors (Lipinski definition) is 1. The molecule has 130 valence electrons. The number of nitrogens with zero attached hydrogens (tertiary/aromatic N) is 5. The molecule has 3 heterocycles. The van der Waals surface area contributed by atoms with Gasteiger partial charge in [0.2, 0.25) is 5.95 Å². The Labute approximate surface area is 151 Å². The predicted molar refractivity (Wildman–Crippen MR) is 93.5 cm³/mol. The van der Waals surface area contributed by atoms with Crippen molar-refractivity contribution in [1.29, 1.82) is 0 Å². The van der Waals surface area contributed by atoms with Gasteiger partial charge in [-0.15, -0.1) is 10.2 Å². The van der Waals surface area contributed by atoms with Crippen LogP contribution in [0.25, 0.3) is 28.0 Å². The number of aromatic nitrogens is 5. The monoisotopic (exact) mass is 372 g/mol. The Morgan fingerprint density at radius 2 is 1.92 bits per heavy atom. The number of nitrogen functional groups attached to an aromatic ring is 1. The molecule has 4 aromatic rings. The van der Waals surface area contributed by atoms with Gasteiger partial charge in [0, 0.05) is 17.3 Å². The van der Waals surface area contributed by atoms with Crippen molar-refractivity contribution in [3.05, 3.63) is 59.1 Å². The third-order valence-corrected chi connectivity index (χ3v) is 4.07. The van der Waals surface area contributed by atoms with Crippen molar-refractivity contribution in [2.75, 3.05) is 5.73 Å². The van der Waals surface area contributed by atoms with Crippen LogP contribution in [0.15, 0.2) is 36.7 Å². The van der Waals surface area contributed by atoms with E-state index < -0.39 is 11.6 Å². The molecule has 0 fully saturated rings. The molecular weight excluding hydrogens is 362 g/mol. The lowest BCUT2D eigenvalue weighted by molar-refractivity contribution is 0.585. The van der Waals surface area contributed by atoms with Crippen molar-refractivity contribution in [3.8, 4) is 22.4 Å². The van der Waals surface area contributed by atoms with Crippen molar-refractivity contribution in [2.45, 2.75) is 6.92 Å². The van der Waals surface area contributed by atoms with E-state index >= 15 is 0 Å². The maximum Gasteiger partial charge on any atom is 0.207 e. The summed E-state index contributed by atoms with van der Waals surface area (Å²) in [6.45, 7) is 1.78. The Hall–Kier alpha value is -3.13. The number of benzene rings is 1. The zero-order valence-electron chi connectivity index (χ0n) is 13.4. The highest BCUT2D eigenvalue weighted by Gasteiger charge is 2.21. The fraction of sp³-hybridized carbons (Fsp3) is 0.0588. The van der Waals surface area contributed by atoms with Gasteiger partial charge in [-0.05, 0) is 36.8 Å². The van der Waals surface area contributed by atoms with E-state index in [1.54, 1.807) is 19.1 Å². The van der Waals surface area contributed by atoms with Crippen LogP contribution < -0.4 is 5.73 Å². The van der Waals surface area contributed by atoms with Gasteiger partial charge < -0.3 is 5.73 Å². The zero-order chi connectivity index (χ0) is 18.4. The number of nitrogens with two attached hydrogens (primary N) is 1. The van der Waals surface area contributed by atoms with Crippen LogP contribution in [0.4, 0.5) is 14.7 Å². The number of aryl methyl sites for hydroxylation is 1. The molecule has 0 aliphatic carbocycles. The van der Waals surface area contributed by atoms with Gasteiger partial charge >= 0.3 is 0 Å². The van der Waals surface area contributed by atoms with Crippen LogP contribution in [-0.2, 0) is 0 Å². The van der Waals surface area contributed by atoms with Gasteiger partial charge in [-0.25, -0.2) is 18.7 Å². The summed E-state index contributed by atoms with van der Waals surface area (Å²) in [7, 11) is 0. The lowest BCUT2D eigenvalue weighted by atomic mass is 10.00. The SMILES string of the molecule is Cc1cc(-c2c(-c3ccc(F)cc3F)nc(N)n3cnnc23)cc(Cl)n1. The molecule has 0 aliphatic heterocycles. The zero-order valence-corrected chi connectivity index (χ0v) is 14.2. The van der Waals surface area contributed by atoms with Gasteiger partial charge in [0.05, 0.1) is 11.3 Å². The number of rotatable bonds is 2. The molecule has 0 radical (unpaired) electrons. The molecule has 9 heteroatoms. The summed E-state index contributed by atoms with van der Waals surface area (Å²) in [5.74, 6) is -1.38. The Kier molecular flexibility index (Phi) is 3.77. The Balaban J connectivity index is 2.13. The molecule has 6 nitrogen and oxygen atoms in total. The van der Waals surface area contributed by atoms with Gasteiger partial charge in [-0.3, -0.25) is 4.40 Å². The first kappa shape index (κ1) is 16.3. The van der Waals surface area contributed by atoms with Crippen LogP contribution in [0, 0.1) is 18.6 Å². The molecule has 26 heavy (non-hydrogen) atoms. The fourth-order valence-corrected chi connectivity index (χ4v) is 3.07. The lowest BCUT2D eigenvalue weighted by Gasteiger charge is -2.13. The highest BCUT2D eigenvalue weighted by atomic mass is 35.5. The minimum absolute atomic E-state index is 0.0735. The van der Waals surface area contributed by atoms with Gasteiger partial charge in [0.25, 0.3) is 0 Å². The molecule has 0 spiro atoms. The first-order chi connectivity index (χ1) is 12.4. The van der Waals surface area contributed by atoms with Crippen LogP contribution in [0.2, 0.25) is 5.15 Å². The Morgan fingerprint density at radius 3 is 2.65 bits per heavy atom. The normalized spacial score (nSPS) is 11.2. The van der Waals surface area contributed by atoms with E-state index in [9.17, 15) is 8.78 Å². The summed E-state index contributed by atoms with van der Waals surface area (Å²) >= 11 is 6.08. The second kappa shape index (κ2) is 5.99. The second-order valence-electron chi connectivity index (χ2n) is 5.66. The molecule has 0 saturated carbocycles. The van der Waals surface area contributed by atoms with Crippen LogP contribution in [0.1, 0.15) is 5.69 Å². The summed E-state index contributed by atoms with van der Waals surface area (Å²) in [5.41, 5.74) is 8.38. The minimum atomic E-state index is -0.765. The molecule has 0 amide bonds. The highest BCUT2D eigenvalue weighted by Crippen LogP contribution is 2.36. The molecule has 1 aromatic carbocycles. The van der Waals surface area contributed by atoms with Gasteiger partial charge in [0.1, 0.15) is 23.1 Å². The molecule has 0 bridgehead atoms. The maximum atomic E-state index is 14.4. The summed E-state index contributed by atoms with van der Waals surface area (Å²) in [4.78, 5) is 8.44. The first-order valence-corrected chi connectivity index (χ1v) is 7.91. The molecule has 0 aliphatic rings. The number of pyridine rings is 1. The molecule has 2 N–H and O–H groups in total. The van der Waals surface area contributed by atoms with E-state index in [2.05, 4.69) is 20.2 Å². The van der Waals surface area contributed by atoms with Gasteiger partial charge in [0.15, 0.2) is 5.65 Å². The van der Waals surface area contributed by atoms with Crippen molar-refractivity contribution in [3.63, 3.8) is 0 Å². The van der Waals surface area contributed by atoms with Crippen molar-refractivity contribution in [2.24, 2.45) is 0 Å². The van der Waals surface area contributed by atoms with Crippen molar-refractivity contribution < 1.29 is 8.78 Å². The molecule has 4 rings (SSSR count). The average Bonchev–Trinajstić information content (AvgIpc) is 3.03. The summed E-state index contributed by atoms with van der Waals surface area (Å²) in [6, 6.07) is 6.62. The molecular formula is C17H11ClF2N6. The average molecular weight is 373 g/mol. The predicted octanol–water partition coefficient (Wildman–Crippen LogP) is 3.68. The number of fused-ring (bicyclic) bond motifs is 1. The third-order valence-electron chi connectivity index (χ3n) is 3.88. The Morgan fingerprint density at radius 1 is 1.12 bits per heavy atom. The van der Waals surface area contributed by atoms with E-state index in [0.717, 1.165) is 12.1 Å². The van der Waals surface area contributed by atoms with Crippen LogP contribution in [0.5, 0.6) is 0 Å². The first-order valence-electron chi connectivity index (χ1n) is 7.53. The largest absolute Gasteiger partial charge is 0.369 e. The van der Waals surface area contributed by atoms with Crippen LogP contribution in [-0.4, -0.2) is 24.6 Å². The molecule has 0 unspecified atom stereocenters. The van der Waals surface area contributed by atoms with Gasteiger partial charge in [-0.1, -0.05) is 11.6 Å². The van der Waals surface area contributed by atoms with E-state index in [4.69, 9.17) is 17.3 Å². The second-order valence-corrected chi connectivity index (χ2v) is 6.05. The summed E-state index contributed by atoms with van der Waals surface area (Å²) in [5, 5.41) is 8.20. The van der Waals surface area contributed by atoms with E-state index in [0.29, 0.717) is 22.5 Å². The lowest BCUT2D eigenvalue weighted by Crippen LogP contribution is -2.05. The minimum Gasteiger partial charge on any atom is -0.369 e. The van der Waals surface area contributed by atoms with Crippen molar-refractivity contribution in [1.82, 2.24) is 24.6 Å². The number of halogens is 3. The topological polar surface area (TPSA) is 82.0 Å². The molecule has 3 aromatic heterocycles. The Bertz CT molecular complexity index is 1140. The van der Waals surface area contributed by atoms with Crippen LogP contribution in [0.3, 0.4) is 0 Å². The molecule has 0 atom stereocenters. The quantitative estimate of drug-likeness (QED) is 0.543. The smallest absolute Gasteiger partial charge is 0.207 e. The van der Waals surface area contributed by atoms with E-state index in [1.165, 1.54) is 16.8 Å². The maximum absolute atomic E-state index is 14.4. The van der Waals surface area contributed by atoms with Gasteiger partial charge in [-0.2, -0.15) is 0 Å². The number of anilines is 1. The summed E-state index contributed by atoms with van der Waals surface area (Å²) in [6.07, 6.45) is 1.40. The summed E-state index contributed by atoms with van der Waals surface area (Å²) < 4.78 is 29.3. The van der Waals surface area contributed by atoms with Crippen molar-refractivity contribution >= 4 is 23.2 Å². The third kappa shape index (κ3) is 2.64. The standard InChI is InChI=1S/C17H11ClF2N6/c1-8-4-9(5-13(18)23-8)14-15(11-3-2-10(19)6-12(11)20)24-17(21)26-7-22-25-16(14)26/h2-7H,1H3,(H2,21,24). The van der Waals surface area contributed by atoms with Crippen LogP contribution >= 0.6 is 11.6 Å². The number of hydrogen-bond acceptors (Lipinski definition) is 5. The van der Waals surface area contributed by atoms with E-state index in [-0.39, 0.29) is 22.4 Å². The molecule has 0 saturated heterocycles. The van der Waals surface area contributed by atoms with E-state index in [1.807, 2.05) is 0 Å². The fourth-order valence-electron chi connectivity index (χ4n) is 2.82.